The first kappa shape index (κ1) is 19.8. The first-order chi connectivity index (χ1) is 12.0. The van der Waals surface area contributed by atoms with Crippen LogP contribution in [-0.4, -0.2) is 49.7 Å². The zero-order valence-electron chi connectivity index (χ0n) is 14.0. The molecule has 1 heterocycles. The minimum absolute atomic E-state index is 0.105. The molecule has 1 aliphatic heterocycles. The Labute approximate surface area is 157 Å². The van der Waals surface area contributed by atoms with E-state index in [9.17, 15) is 9.59 Å². The molecular weight excluding hydrogens is 367 g/mol. The van der Waals surface area contributed by atoms with E-state index in [2.05, 4.69) is 10.1 Å². The normalized spacial score (nSPS) is 18.5. The van der Waals surface area contributed by atoms with Crippen molar-refractivity contribution in [3.63, 3.8) is 0 Å². The Morgan fingerprint density at radius 3 is 2.92 bits per heavy atom. The number of rotatable bonds is 6. The number of likely N-dealkylation sites (tertiary alicyclic amines) is 1. The molecule has 2 rings (SSSR count). The predicted octanol–water partition coefficient (Wildman–Crippen LogP) is 3.82. The van der Waals surface area contributed by atoms with Gasteiger partial charge in [-0.2, -0.15) is 0 Å². The molecule has 0 radical (unpaired) electrons. The van der Waals surface area contributed by atoms with Gasteiger partial charge < -0.3 is 19.7 Å². The van der Waals surface area contributed by atoms with Crippen molar-refractivity contribution in [3.05, 3.63) is 34.9 Å². The Bertz CT molecular complexity index is 600. The minimum atomic E-state index is -0.500. The molecule has 6 nitrogen and oxygen atoms in total. The largest absolute Gasteiger partial charge is 0.453 e. The van der Waals surface area contributed by atoms with E-state index in [0.717, 1.165) is 18.4 Å². The fraction of sp³-hybridized carbons (Fsp3) is 0.529. The summed E-state index contributed by atoms with van der Waals surface area (Å²) in [5.74, 6) is 0.105. The van der Waals surface area contributed by atoms with Crippen molar-refractivity contribution in [2.45, 2.75) is 18.9 Å². The number of alkyl carbamates (subject to hydrolysis) is 1. The number of methoxy groups -OCH3 is 1. The van der Waals surface area contributed by atoms with Gasteiger partial charge in [-0.1, -0.05) is 23.7 Å². The number of nitrogens with one attached hydrogen (secondary N) is 1. The SMILES string of the molecule is COC(=O)NCCOC(c1cccc(Cl)c1)[C@@H]1CCCN(C(=O)Cl)C1. The summed E-state index contributed by atoms with van der Waals surface area (Å²) < 4.78 is 10.6. The van der Waals surface area contributed by atoms with E-state index in [-0.39, 0.29) is 12.0 Å². The summed E-state index contributed by atoms with van der Waals surface area (Å²) in [7, 11) is 1.31. The molecule has 2 amide bonds. The minimum Gasteiger partial charge on any atom is -0.453 e. The van der Waals surface area contributed by atoms with Gasteiger partial charge in [0, 0.05) is 30.6 Å². The zero-order valence-corrected chi connectivity index (χ0v) is 15.6. The molecule has 2 atom stereocenters. The molecule has 1 saturated heterocycles. The van der Waals surface area contributed by atoms with Crippen LogP contribution < -0.4 is 5.32 Å². The van der Waals surface area contributed by atoms with Gasteiger partial charge >= 0.3 is 11.5 Å². The van der Waals surface area contributed by atoms with E-state index in [1.807, 2.05) is 18.2 Å². The van der Waals surface area contributed by atoms with Crippen LogP contribution >= 0.6 is 23.2 Å². The lowest BCUT2D eigenvalue weighted by atomic mass is 9.88. The lowest BCUT2D eigenvalue weighted by Gasteiger charge is -2.36. The fourth-order valence-corrected chi connectivity index (χ4v) is 3.37. The zero-order chi connectivity index (χ0) is 18.2. The van der Waals surface area contributed by atoms with Gasteiger partial charge in [0.25, 0.3) is 0 Å². The quantitative estimate of drug-likeness (QED) is 0.456. The van der Waals surface area contributed by atoms with Crippen molar-refractivity contribution >= 4 is 34.7 Å². The molecule has 1 fully saturated rings. The molecule has 0 saturated carbocycles. The Morgan fingerprint density at radius 1 is 1.44 bits per heavy atom. The summed E-state index contributed by atoms with van der Waals surface area (Å²) in [4.78, 5) is 24.2. The van der Waals surface area contributed by atoms with Crippen molar-refractivity contribution in [1.29, 1.82) is 0 Å². The second kappa shape index (κ2) is 9.85. The van der Waals surface area contributed by atoms with Crippen LogP contribution in [0.15, 0.2) is 24.3 Å². The summed E-state index contributed by atoms with van der Waals surface area (Å²) in [5, 5.41) is 2.76. The summed E-state index contributed by atoms with van der Waals surface area (Å²) in [6.45, 7) is 1.83. The highest BCUT2D eigenvalue weighted by Gasteiger charge is 2.30. The molecule has 25 heavy (non-hydrogen) atoms. The number of ether oxygens (including phenoxy) is 2. The van der Waals surface area contributed by atoms with Crippen molar-refractivity contribution in [2.24, 2.45) is 5.92 Å². The Morgan fingerprint density at radius 2 is 2.24 bits per heavy atom. The van der Waals surface area contributed by atoms with Crippen LogP contribution in [0.5, 0.6) is 0 Å². The lowest BCUT2D eigenvalue weighted by Crippen LogP contribution is -2.40. The van der Waals surface area contributed by atoms with E-state index in [1.54, 1.807) is 11.0 Å². The fourth-order valence-electron chi connectivity index (χ4n) is 3.02. The number of benzene rings is 1. The predicted molar refractivity (Wildman–Crippen MR) is 96.1 cm³/mol. The molecule has 1 aromatic carbocycles. The molecule has 0 spiro atoms. The maximum Gasteiger partial charge on any atom is 0.406 e. The third kappa shape index (κ3) is 6.06. The monoisotopic (exact) mass is 388 g/mol. The maximum absolute atomic E-state index is 11.5. The van der Waals surface area contributed by atoms with Crippen molar-refractivity contribution in [3.8, 4) is 0 Å². The summed E-state index contributed by atoms with van der Waals surface area (Å²) in [5.41, 5.74) is 0.944. The molecule has 138 valence electrons. The summed E-state index contributed by atoms with van der Waals surface area (Å²) in [6, 6.07) is 7.48. The first-order valence-electron chi connectivity index (χ1n) is 8.14. The van der Waals surface area contributed by atoms with Crippen LogP contribution in [0.3, 0.4) is 0 Å². The van der Waals surface area contributed by atoms with Crippen LogP contribution in [0.25, 0.3) is 0 Å². The highest BCUT2D eigenvalue weighted by molar-refractivity contribution is 6.62. The van der Waals surface area contributed by atoms with Crippen LogP contribution in [0.2, 0.25) is 5.02 Å². The van der Waals surface area contributed by atoms with E-state index in [1.165, 1.54) is 7.11 Å². The van der Waals surface area contributed by atoms with Gasteiger partial charge in [-0.05, 0) is 42.1 Å². The number of amides is 2. The molecular formula is C17H22Cl2N2O4. The summed E-state index contributed by atoms with van der Waals surface area (Å²) >= 11 is 11.8. The van der Waals surface area contributed by atoms with E-state index in [4.69, 9.17) is 27.9 Å². The van der Waals surface area contributed by atoms with Crippen LogP contribution in [-0.2, 0) is 9.47 Å². The van der Waals surface area contributed by atoms with Gasteiger partial charge in [0.05, 0.1) is 19.8 Å². The number of carbonyl (C=O) groups is 2. The van der Waals surface area contributed by atoms with Crippen LogP contribution in [0.1, 0.15) is 24.5 Å². The number of carbonyl (C=O) groups excluding carboxylic acids is 2. The topological polar surface area (TPSA) is 67.9 Å². The molecule has 0 aliphatic carbocycles. The number of hydrogen-bond donors (Lipinski definition) is 1. The highest BCUT2D eigenvalue weighted by Crippen LogP contribution is 2.34. The van der Waals surface area contributed by atoms with E-state index in [0.29, 0.717) is 31.3 Å². The molecule has 0 bridgehead atoms. The number of halogens is 2. The Hall–Kier alpha value is -1.50. The van der Waals surface area contributed by atoms with Gasteiger partial charge in [0.1, 0.15) is 0 Å². The van der Waals surface area contributed by atoms with E-state index >= 15 is 0 Å². The van der Waals surface area contributed by atoms with Crippen LogP contribution in [0, 0.1) is 5.92 Å². The third-order valence-electron chi connectivity index (χ3n) is 4.17. The van der Waals surface area contributed by atoms with E-state index < -0.39 is 11.5 Å². The number of piperidine rings is 1. The molecule has 1 N–H and O–H groups in total. The maximum atomic E-state index is 11.5. The Kier molecular flexibility index (Phi) is 7.81. The van der Waals surface area contributed by atoms with Gasteiger partial charge in [-0.3, -0.25) is 4.79 Å². The smallest absolute Gasteiger partial charge is 0.406 e. The standard InChI is InChI=1S/C17H22Cl2N2O4/c1-24-17(23)20-7-9-25-15(12-4-2-6-14(18)10-12)13-5-3-8-21(11-13)16(19)22/h2,4,6,10,13,15H,3,5,7-9,11H2,1H3,(H,20,23)/t13-,15?/m1/s1. The third-order valence-corrected chi connectivity index (χ3v) is 4.64. The lowest BCUT2D eigenvalue weighted by molar-refractivity contribution is -0.00717. The molecule has 1 aromatic rings. The van der Waals surface area contributed by atoms with Gasteiger partial charge in [0.15, 0.2) is 0 Å². The second-order valence-electron chi connectivity index (χ2n) is 5.87. The van der Waals surface area contributed by atoms with Gasteiger partial charge in [-0.15, -0.1) is 0 Å². The van der Waals surface area contributed by atoms with Crippen molar-refractivity contribution in [2.75, 3.05) is 33.4 Å². The van der Waals surface area contributed by atoms with Crippen LogP contribution in [0.4, 0.5) is 9.59 Å². The van der Waals surface area contributed by atoms with Crippen molar-refractivity contribution < 1.29 is 19.1 Å². The molecule has 8 heteroatoms. The highest BCUT2D eigenvalue weighted by atomic mass is 35.5. The summed E-state index contributed by atoms with van der Waals surface area (Å²) in [6.07, 6.45) is 1.04. The van der Waals surface area contributed by atoms with Gasteiger partial charge in [-0.25, -0.2) is 4.79 Å². The molecule has 1 aliphatic rings. The Balaban J connectivity index is 2.06. The molecule has 1 unspecified atom stereocenters. The first-order valence-corrected chi connectivity index (χ1v) is 8.90. The van der Waals surface area contributed by atoms with Crippen molar-refractivity contribution in [1.82, 2.24) is 10.2 Å². The number of hydrogen-bond acceptors (Lipinski definition) is 4. The second-order valence-corrected chi connectivity index (χ2v) is 6.63. The number of nitrogens with zero attached hydrogens (tertiary/aromatic N) is 1. The molecule has 0 aromatic heterocycles. The average molecular weight is 389 g/mol. The average Bonchev–Trinajstić information content (AvgIpc) is 2.61. The van der Waals surface area contributed by atoms with Gasteiger partial charge in [0.2, 0.25) is 0 Å².